The first-order valence-electron chi connectivity index (χ1n) is 6.00. The summed E-state index contributed by atoms with van der Waals surface area (Å²) in [5.41, 5.74) is 3.02. The molecule has 0 aromatic heterocycles. The van der Waals surface area contributed by atoms with E-state index in [4.69, 9.17) is 9.57 Å². The molecule has 1 aliphatic rings. The molecule has 0 spiro atoms. The largest absolute Gasteiger partial charge is 0.350 e. The Labute approximate surface area is 105 Å². The first-order valence-corrected chi connectivity index (χ1v) is 6.00. The van der Waals surface area contributed by atoms with Gasteiger partial charge in [0.15, 0.2) is 6.29 Å². The lowest BCUT2D eigenvalue weighted by molar-refractivity contribution is -0.186. The summed E-state index contributed by atoms with van der Waals surface area (Å²) in [6.07, 6.45) is 2.37. The molecule has 1 heterocycles. The summed E-state index contributed by atoms with van der Waals surface area (Å²) in [6.45, 7) is 2.28. The molecule has 1 amide bonds. The molecule has 1 atom stereocenters. The van der Waals surface area contributed by atoms with Crippen LogP contribution >= 0.6 is 0 Å². The van der Waals surface area contributed by atoms with E-state index in [-0.39, 0.29) is 5.56 Å². The maximum atomic E-state index is 13.3. The summed E-state index contributed by atoms with van der Waals surface area (Å²) in [5.74, 6) is -0.875. The molecule has 18 heavy (non-hydrogen) atoms. The number of halogens is 1. The summed E-state index contributed by atoms with van der Waals surface area (Å²) >= 11 is 0. The Morgan fingerprint density at radius 1 is 1.50 bits per heavy atom. The normalized spacial score (nSPS) is 19.6. The number of hydrogen-bond donors (Lipinski definition) is 1. The van der Waals surface area contributed by atoms with Crippen molar-refractivity contribution in [3.05, 3.63) is 35.1 Å². The number of amides is 1. The zero-order chi connectivity index (χ0) is 13.0. The third-order valence-corrected chi connectivity index (χ3v) is 2.85. The second kappa shape index (κ2) is 5.93. The number of nitrogens with one attached hydrogen (secondary N) is 1. The SMILES string of the molecule is Cc1ccc(C(=O)NO[C@H]2CCCCO2)cc1F. The molecule has 0 unspecified atom stereocenters. The lowest BCUT2D eigenvalue weighted by Crippen LogP contribution is -2.33. The number of carbonyl (C=O) groups is 1. The van der Waals surface area contributed by atoms with Gasteiger partial charge in [0.2, 0.25) is 0 Å². The van der Waals surface area contributed by atoms with Gasteiger partial charge in [0.05, 0.1) is 0 Å². The van der Waals surface area contributed by atoms with Crippen LogP contribution in [0.15, 0.2) is 18.2 Å². The summed E-state index contributed by atoms with van der Waals surface area (Å²) in [7, 11) is 0. The first kappa shape index (κ1) is 13.0. The molecule has 1 aromatic rings. The highest BCUT2D eigenvalue weighted by atomic mass is 19.1. The fourth-order valence-corrected chi connectivity index (χ4v) is 1.72. The van der Waals surface area contributed by atoms with E-state index in [1.54, 1.807) is 19.1 Å². The fourth-order valence-electron chi connectivity index (χ4n) is 1.72. The van der Waals surface area contributed by atoms with Crippen molar-refractivity contribution >= 4 is 5.91 Å². The van der Waals surface area contributed by atoms with E-state index in [1.165, 1.54) is 6.07 Å². The van der Waals surface area contributed by atoms with Gasteiger partial charge < -0.3 is 4.74 Å². The van der Waals surface area contributed by atoms with E-state index >= 15 is 0 Å². The monoisotopic (exact) mass is 253 g/mol. The summed E-state index contributed by atoms with van der Waals surface area (Å²) in [5, 5.41) is 0. The molecular weight excluding hydrogens is 237 g/mol. The van der Waals surface area contributed by atoms with Gasteiger partial charge in [-0.1, -0.05) is 6.07 Å². The predicted octanol–water partition coefficient (Wildman–Crippen LogP) is 2.32. The van der Waals surface area contributed by atoms with Gasteiger partial charge in [0, 0.05) is 18.6 Å². The van der Waals surface area contributed by atoms with Crippen LogP contribution in [0.1, 0.15) is 35.2 Å². The Balaban J connectivity index is 1.88. The van der Waals surface area contributed by atoms with E-state index in [2.05, 4.69) is 5.48 Å². The molecule has 0 bridgehead atoms. The summed E-state index contributed by atoms with van der Waals surface area (Å²) < 4.78 is 18.6. The van der Waals surface area contributed by atoms with Gasteiger partial charge in [-0.2, -0.15) is 0 Å². The molecule has 1 fully saturated rings. The van der Waals surface area contributed by atoms with Crippen molar-refractivity contribution in [1.29, 1.82) is 0 Å². The minimum Gasteiger partial charge on any atom is -0.350 e. The molecule has 5 heteroatoms. The van der Waals surface area contributed by atoms with Crippen LogP contribution in [0.25, 0.3) is 0 Å². The molecule has 98 valence electrons. The summed E-state index contributed by atoms with van der Waals surface area (Å²) in [4.78, 5) is 16.8. The van der Waals surface area contributed by atoms with Gasteiger partial charge in [-0.15, -0.1) is 0 Å². The van der Waals surface area contributed by atoms with Gasteiger partial charge in [-0.05, 0) is 37.5 Å². The Kier molecular flexibility index (Phi) is 4.28. The van der Waals surface area contributed by atoms with Gasteiger partial charge in [-0.3, -0.25) is 4.79 Å². The molecule has 0 aliphatic carbocycles. The van der Waals surface area contributed by atoms with Crippen LogP contribution in [0.5, 0.6) is 0 Å². The minimum absolute atomic E-state index is 0.230. The van der Waals surface area contributed by atoms with E-state index in [1.807, 2.05) is 0 Å². The number of hydrogen-bond acceptors (Lipinski definition) is 3. The molecular formula is C13H16FNO3. The fraction of sp³-hybridized carbons (Fsp3) is 0.462. The lowest BCUT2D eigenvalue weighted by Gasteiger charge is -2.22. The maximum Gasteiger partial charge on any atom is 0.275 e. The third-order valence-electron chi connectivity index (χ3n) is 2.85. The van der Waals surface area contributed by atoms with E-state index in [0.717, 1.165) is 19.3 Å². The first-order chi connectivity index (χ1) is 8.66. The van der Waals surface area contributed by atoms with Crippen molar-refractivity contribution in [2.45, 2.75) is 32.5 Å². The molecule has 1 aromatic carbocycles. The topological polar surface area (TPSA) is 47.6 Å². The molecule has 1 saturated heterocycles. The van der Waals surface area contributed by atoms with E-state index in [9.17, 15) is 9.18 Å². The molecule has 0 radical (unpaired) electrons. The molecule has 1 aliphatic heterocycles. The van der Waals surface area contributed by atoms with E-state index in [0.29, 0.717) is 12.2 Å². The lowest BCUT2D eigenvalue weighted by atomic mass is 10.1. The number of rotatable bonds is 3. The molecule has 2 rings (SSSR count). The van der Waals surface area contributed by atoms with Gasteiger partial charge >= 0.3 is 0 Å². The highest BCUT2D eigenvalue weighted by molar-refractivity contribution is 5.93. The zero-order valence-electron chi connectivity index (χ0n) is 10.2. The number of benzene rings is 1. The average Bonchev–Trinajstić information content (AvgIpc) is 2.40. The van der Waals surface area contributed by atoms with Crippen LogP contribution in [0, 0.1) is 12.7 Å². The van der Waals surface area contributed by atoms with Crippen molar-refractivity contribution in [2.24, 2.45) is 0 Å². The maximum absolute atomic E-state index is 13.3. The van der Waals surface area contributed by atoms with Gasteiger partial charge in [0.25, 0.3) is 5.91 Å². The average molecular weight is 253 g/mol. The Bertz CT molecular complexity index is 430. The number of ether oxygens (including phenoxy) is 1. The molecule has 0 saturated carbocycles. The van der Waals surface area contributed by atoms with Crippen molar-refractivity contribution in [1.82, 2.24) is 5.48 Å². The van der Waals surface area contributed by atoms with Crippen LogP contribution in [-0.4, -0.2) is 18.8 Å². The Morgan fingerprint density at radius 3 is 3.00 bits per heavy atom. The van der Waals surface area contributed by atoms with Crippen LogP contribution in [0.4, 0.5) is 4.39 Å². The van der Waals surface area contributed by atoms with Crippen molar-refractivity contribution in [2.75, 3.05) is 6.61 Å². The van der Waals surface area contributed by atoms with Crippen LogP contribution in [0.2, 0.25) is 0 Å². The smallest absolute Gasteiger partial charge is 0.275 e. The highest BCUT2D eigenvalue weighted by Crippen LogP contribution is 2.13. The molecule has 4 nitrogen and oxygen atoms in total. The van der Waals surface area contributed by atoms with Crippen LogP contribution in [-0.2, 0) is 9.57 Å². The number of carbonyl (C=O) groups excluding carboxylic acids is 1. The zero-order valence-corrected chi connectivity index (χ0v) is 10.2. The molecule has 1 N–H and O–H groups in total. The second-order valence-electron chi connectivity index (χ2n) is 4.31. The highest BCUT2D eigenvalue weighted by Gasteiger charge is 2.16. The Hall–Kier alpha value is -1.46. The van der Waals surface area contributed by atoms with Crippen LogP contribution < -0.4 is 5.48 Å². The minimum atomic E-state index is -0.469. The predicted molar refractivity (Wildman–Crippen MR) is 63.3 cm³/mol. The van der Waals surface area contributed by atoms with Gasteiger partial charge in [0.1, 0.15) is 5.82 Å². The van der Waals surface area contributed by atoms with Crippen LogP contribution in [0.3, 0.4) is 0 Å². The number of aryl methyl sites for hydroxylation is 1. The second-order valence-corrected chi connectivity index (χ2v) is 4.31. The van der Waals surface area contributed by atoms with Crippen molar-refractivity contribution in [3.8, 4) is 0 Å². The standard InChI is InChI=1S/C13H16FNO3/c1-9-5-6-10(8-11(9)14)13(16)15-18-12-4-2-3-7-17-12/h5-6,8,12H,2-4,7H2,1H3,(H,15,16)/t12-/m0/s1. The third kappa shape index (κ3) is 3.27. The quantitative estimate of drug-likeness (QED) is 0.841. The summed E-state index contributed by atoms with van der Waals surface area (Å²) in [6, 6.07) is 4.30. The van der Waals surface area contributed by atoms with E-state index < -0.39 is 18.0 Å². The van der Waals surface area contributed by atoms with Crippen molar-refractivity contribution in [3.63, 3.8) is 0 Å². The number of hydroxylamine groups is 1. The van der Waals surface area contributed by atoms with Crippen molar-refractivity contribution < 1.29 is 18.8 Å². The Morgan fingerprint density at radius 2 is 2.33 bits per heavy atom. The van der Waals surface area contributed by atoms with Gasteiger partial charge in [-0.25, -0.2) is 14.7 Å².